The summed E-state index contributed by atoms with van der Waals surface area (Å²) in [5.41, 5.74) is 0. The fraction of sp³-hybridized carbons (Fsp3) is 0.850. The fourth-order valence-electron chi connectivity index (χ4n) is 6.13. The molecule has 1 aliphatic heterocycles. The van der Waals surface area contributed by atoms with Crippen molar-refractivity contribution in [1.82, 2.24) is 0 Å². The van der Waals surface area contributed by atoms with E-state index in [0.717, 1.165) is 44.4 Å². The van der Waals surface area contributed by atoms with Crippen LogP contribution in [0, 0.1) is 11.8 Å². The summed E-state index contributed by atoms with van der Waals surface area (Å²) in [7, 11) is 0. The highest BCUT2D eigenvalue weighted by Gasteiger charge is 2.35. The molecule has 0 bridgehead atoms. The SMILES string of the molecule is CCCCC[C@H](O)/C=C/[C@H]1OC(O)C[C@H](O)[C@@H]1C/C=C\CCCC(=O)OC[C@H](CO)OC(=O)CCCCCCCCCCCCCC(C)C. The molecule has 0 aromatic rings. The van der Waals surface area contributed by atoms with Crippen LogP contribution in [0.15, 0.2) is 24.3 Å². The molecule has 6 atom stereocenters. The average molecular weight is 697 g/mol. The van der Waals surface area contributed by atoms with Gasteiger partial charge in [-0.15, -0.1) is 0 Å². The van der Waals surface area contributed by atoms with Gasteiger partial charge in [-0.2, -0.15) is 0 Å². The number of hydrogen-bond acceptors (Lipinski definition) is 9. The largest absolute Gasteiger partial charge is 0.462 e. The lowest BCUT2D eigenvalue weighted by Gasteiger charge is -2.36. The zero-order valence-electron chi connectivity index (χ0n) is 31.2. The Balaban J connectivity index is 2.16. The van der Waals surface area contributed by atoms with Crippen LogP contribution in [-0.4, -0.2) is 76.3 Å². The topological polar surface area (TPSA) is 143 Å². The number of aliphatic hydroxyl groups excluding tert-OH is 4. The number of carbonyl (C=O) groups is 2. The van der Waals surface area contributed by atoms with Gasteiger partial charge in [0, 0.05) is 25.2 Å². The minimum absolute atomic E-state index is 0.136. The highest BCUT2D eigenvalue weighted by molar-refractivity contribution is 5.70. The van der Waals surface area contributed by atoms with Crippen LogP contribution in [0.4, 0.5) is 0 Å². The predicted octanol–water partition coefficient (Wildman–Crippen LogP) is 7.86. The van der Waals surface area contributed by atoms with E-state index in [1.807, 2.05) is 12.2 Å². The quantitative estimate of drug-likeness (QED) is 0.0335. The van der Waals surface area contributed by atoms with Crippen LogP contribution in [0.25, 0.3) is 0 Å². The average Bonchev–Trinajstić information content (AvgIpc) is 3.06. The van der Waals surface area contributed by atoms with Crippen molar-refractivity contribution in [3.63, 3.8) is 0 Å². The van der Waals surface area contributed by atoms with Gasteiger partial charge in [0.15, 0.2) is 12.4 Å². The van der Waals surface area contributed by atoms with E-state index in [-0.39, 0.29) is 31.3 Å². The van der Waals surface area contributed by atoms with Crippen LogP contribution in [0.3, 0.4) is 0 Å². The summed E-state index contributed by atoms with van der Waals surface area (Å²) in [6, 6.07) is 0. The summed E-state index contributed by atoms with van der Waals surface area (Å²) in [6.45, 7) is 6.12. The Kier molecular flexibility index (Phi) is 27.6. The number of rotatable bonds is 30. The van der Waals surface area contributed by atoms with Gasteiger partial charge in [-0.1, -0.05) is 135 Å². The van der Waals surface area contributed by atoms with E-state index in [9.17, 15) is 30.0 Å². The molecular formula is C40H72O9. The Bertz CT molecular complexity index is 874. The normalized spacial score (nSPS) is 21.1. The van der Waals surface area contributed by atoms with Crippen molar-refractivity contribution in [3.05, 3.63) is 24.3 Å². The first-order valence-electron chi connectivity index (χ1n) is 19.6. The van der Waals surface area contributed by atoms with Crippen molar-refractivity contribution in [2.75, 3.05) is 13.2 Å². The Morgan fingerprint density at radius 2 is 1.43 bits per heavy atom. The summed E-state index contributed by atoms with van der Waals surface area (Å²) in [5.74, 6) is -0.228. The lowest BCUT2D eigenvalue weighted by molar-refractivity contribution is -0.199. The van der Waals surface area contributed by atoms with Crippen LogP contribution >= 0.6 is 0 Å². The zero-order valence-corrected chi connectivity index (χ0v) is 31.2. The molecular weight excluding hydrogens is 624 g/mol. The first-order chi connectivity index (χ1) is 23.7. The molecule has 1 rings (SSSR count). The van der Waals surface area contributed by atoms with Gasteiger partial charge in [-0.3, -0.25) is 9.59 Å². The Labute approximate surface area is 297 Å². The van der Waals surface area contributed by atoms with Crippen LogP contribution < -0.4 is 0 Å². The monoisotopic (exact) mass is 697 g/mol. The molecule has 1 unspecified atom stereocenters. The minimum atomic E-state index is -1.05. The van der Waals surface area contributed by atoms with Crippen LogP contribution in [0.5, 0.6) is 0 Å². The molecule has 0 amide bonds. The molecule has 1 heterocycles. The van der Waals surface area contributed by atoms with Crippen molar-refractivity contribution < 1.29 is 44.2 Å². The lowest BCUT2D eigenvalue weighted by Crippen LogP contribution is -2.43. The number of aliphatic hydroxyl groups is 4. The maximum atomic E-state index is 12.2. The Morgan fingerprint density at radius 3 is 2.06 bits per heavy atom. The van der Waals surface area contributed by atoms with E-state index in [1.165, 1.54) is 57.8 Å². The van der Waals surface area contributed by atoms with E-state index < -0.39 is 43.3 Å². The molecule has 0 aliphatic carbocycles. The van der Waals surface area contributed by atoms with Gasteiger partial charge >= 0.3 is 11.9 Å². The van der Waals surface area contributed by atoms with Crippen LogP contribution in [0.1, 0.15) is 162 Å². The third-order valence-corrected chi connectivity index (χ3v) is 9.22. The summed E-state index contributed by atoms with van der Waals surface area (Å²) in [5, 5.41) is 40.3. The lowest BCUT2D eigenvalue weighted by atomic mass is 9.87. The number of hydrogen-bond donors (Lipinski definition) is 4. The highest BCUT2D eigenvalue weighted by atomic mass is 16.6. The zero-order chi connectivity index (χ0) is 36.1. The van der Waals surface area contributed by atoms with Crippen molar-refractivity contribution in [2.45, 2.75) is 193 Å². The fourth-order valence-corrected chi connectivity index (χ4v) is 6.13. The maximum Gasteiger partial charge on any atom is 0.306 e. The van der Waals surface area contributed by atoms with Crippen molar-refractivity contribution in [3.8, 4) is 0 Å². The molecule has 0 radical (unpaired) electrons. The minimum Gasteiger partial charge on any atom is -0.462 e. The molecule has 0 spiro atoms. The molecule has 9 heteroatoms. The van der Waals surface area contributed by atoms with Gasteiger partial charge in [0.2, 0.25) is 0 Å². The van der Waals surface area contributed by atoms with Crippen molar-refractivity contribution in [2.24, 2.45) is 11.8 Å². The molecule has 1 aliphatic rings. The molecule has 0 aromatic heterocycles. The van der Waals surface area contributed by atoms with Gasteiger partial charge in [-0.05, 0) is 38.0 Å². The number of ether oxygens (including phenoxy) is 3. The summed E-state index contributed by atoms with van der Waals surface area (Å²) in [4.78, 5) is 24.4. The Hall–Kier alpha value is -1.78. The molecule has 1 fully saturated rings. The molecule has 286 valence electrons. The second-order valence-electron chi connectivity index (χ2n) is 14.4. The molecule has 4 N–H and O–H groups in total. The number of carbonyl (C=O) groups excluding carboxylic acids is 2. The van der Waals surface area contributed by atoms with E-state index in [1.54, 1.807) is 12.2 Å². The van der Waals surface area contributed by atoms with Gasteiger partial charge < -0.3 is 34.6 Å². The summed E-state index contributed by atoms with van der Waals surface area (Å²) in [6.07, 6.45) is 24.4. The maximum absolute atomic E-state index is 12.2. The molecule has 49 heavy (non-hydrogen) atoms. The van der Waals surface area contributed by atoms with Crippen LogP contribution in [-0.2, 0) is 23.8 Å². The first-order valence-corrected chi connectivity index (χ1v) is 19.6. The van der Waals surface area contributed by atoms with Crippen LogP contribution in [0.2, 0.25) is 0 Å². The molecule has 0 aromatic carbocycles. The number of allylic oxidation sites excluding steroid dienone is 2. The van der Waals surface area contributed by atoms with Crippen molar-refractivity contribution in [1.29, 1.82) is 0 Å². The second kappa shape index (κ2) is 29.9. The van der Waals surface area contributed by atoms with E-state index >= 15 is 0 Å². The molecule has 9 nitrogen and oxygen atoms in total. The molecule has 0 saturated carbocycles. The predicted molar refractivity (Wildman–Crippen MR) is 195 cm³/mol. The first kappa shape index (κ1) is 45.2. The summed E-state index contributed by atoms with van der Waals surface area (Å²) >= 11 is 0. The smallest absolute Gasteiger partial charge is 0.306 e. The van der Waals surface area contributed by atoms with Gasteiger partial charge in [0.05, 0.1) is 24.9 Å². The Morgan fingerprint density at radius 1 is 0.816 bits per heavy atom. The standard InChI is InChI=1S/C40H72O9/c1-4-5-17-23-33(42)27-28-37-35(36(43)29-40(46)49-37)24-19-15-16-20-25-38(44)47-31-34(30-41)48-39(45)26-21-14-12-10-8-6-7-9-11-13-18-22-32(2)3/h15,19,27-28,32-37,40-43,46H,4-14,16-18,20-26,29-31H2,1-3H3/b19-15-,28-27+/t33-,34-,35-,36-,37+,40?/m0/s1. The van der Waals surface area contributed by atoms with Gasteiger partial charge in [0.25, 0.3) is 0 Å². The van der Waals surface area contributed by atoms with Gasteiger partial charge in [-0.25, -0.2) is 0 Å². The highest BCUT2D eigenvalue weighted by Crippen LogP contribution is 2.29. The van der Waals surface area contributed by atoms with E-state index in [2.05, 4.69) is 20.8 Å². The number of unbranched alkanes of at least 4 members (excludes halogenated alkanes) is 13. The van der Waals surface area contributed by atoms with Gasteiger partial charge in [0.1, 0.15) is 6.61 Å². The number of esters is 2. The summed E-state index contributed by atoms with van der Waals surface area (Å²) < 4.78 is 16.2. The van der Waals surface area contributed by atoms with E-state index in [4.69, 9.17) is 14.2 Å². The third kappa shape index (κ3) is 24.9. The molecule has 1 saturated heterocycles. The van der Waals surface area contributed by atoms with Crippen molar-refractivity contribution >= 4 is 11.9 Å². The second-order valence-corrected chi connectivity index (χ2v) is 14.4. The van der Waals surface area contributed by atoms with E-state index in [0.29, 0.717) is 32.1 Å². The third-order valence-electron chi connectivity index (χ3n) is 9.22.